The fourth-order valence-corrected chi connectivity index (χ4v) is 4.97. The molecule has 1 unspecified atom stereocenters. The number of aromatic nitrogens is 1. The molecule has 1 aromatic heterocycles. The second-order valence-electron chi connectivity index (χ2n) is 8.44. The normalized spacial score (nSPS) is 15.6. The first-order valence-electron chi connectivity index (χ1n) is 10.6. The molecule has 1 nitrogen and oxygen atoms in total. The minimum atomic E-state index is -1.61. The molecule has 0 spiro atoms. The van der Waals surface area contributed by atoms with Crippen molar-refractivity contribution in [3.63, 3.8) is 0 Å². The lowest BCUT2D eigenvalue weighted by molar-refractivity contribution is 0.869. The lowest BCUT2D eigenvalue weighted by Gasteiger charge is -2.23. The Kier molecular flexibility index (Phi) is 4.90. The van der Waals surface area contributed by atoms with Gasteiger partial charge in [0.15, 0.2) is 0 Å². The van der Waals surface area contributed by atoms with Crippen LogP contribution in [-0.4, -0.2) is 13.1 Å². The van der Waals surface area contributed by atoms with Crippen molar-refractivity contribution in [3.05, 3.63) is 83.6 Å². The first kappa shape index (κ1) is 16.9. The highest BCUT2D eigenvalue weighted by atomic mass is 28.3. The summed E-state index contributed by atoms with van der Waals surface area (Å²) in [6.45, 7) is 12.7. The van der Waals surface area contributed by atoms with Gasteiger partial charge < -0.3 is 0 Å². The van der Waals surface area contributed by atoms with Crippen LogP contribution in [0, 0.1) is 0 Å². The molecular formula is C25H31NSi. The standard InChI is InChI=1S/C25H31NSi/c1-18(2)23-16-24(26-17-25(23)27(4,5)6)22-14-10-13-21(15-22)19(3)20-11-8-7-9-12-20/h7-19H,1-6H3/i18D,19D. The van der Waals surface area contributed by atoms with E-state index in [4.69, 9.17) is 7.73 Å². The highest BCUT2D eigenvalue weighted by Crippen LogP contribution is 2.28. The Morgan fingerprint density at radius 2 is 1.52 bits per heavy atom. The predicted molar refractivity (Wildman–Crippen MR) is 121 cm³/mol. The maximum Gasteiger partial charge on any atom is 0.0799 e. The van der Waals surface area contributed by atoms with Crippen molar-refractivity contribution in [1.29, 1.82) is 0 Å². The van der Waals surface area contributed by atoms with Gasteiger partial charge in [-0.3, -0.25) is 4.98 Å². The van der Waals surface area contributed by atoms with Crippen LogP contribution in [0.3, 0.4) is 0 Å². The Hall–Kier alpha value is -2.19. The largest absolute Gasteiger partial charge is 0.256 e. The zero-order valence-corrected chi connectivity index (χ0v) is 18.3. The van der Waals surface area contributed by atoms with Crippen LogP contribution in [0.1, 0.15) is 52.0 Å². The molecule has 3 rings (SSSR count). The fourth-order valence-electron chi connectivity index (χ4n) is 3.39. The maximum atomic E-state index is 8.98. The average molecular weight is 376 g/mol. The van der Waals surface area contributed by atoms with Crippen LogP contribution in [0.15, 0.2) is 66.9 Å². The monoisotopic (exact) mass is 375 g/mol. The zero-order chi connectivity index (χ0) is 21.4. The number of rotatable bonds is 5. The molecule has 0 aliphatic carbocycles. The van der Waals surface area contributed by atoms with Gasteiger partial charge in [-0.25, -0.2) is 0 Å². The van der Waals surface area contributed by atoms with E-state index in [1.807, 2.05) is 75.5 Å². The van der Waals surface area contributed by atoms with Crippen molar-refractivity contribution < 1.29 is 2.74 Å². The Morgan fingerprint density at radius 1 is 0.852 bits per heavy atom. The summed E-state index contributed by atoms with van der Waals surface area (Å²) in [5.74, 6) is -1.52. The van der Waals surface area contributed by atoms with Crippen LogP contribution in [0.2, 0.25) is 19.6 Å². The molecule has 0 fully saturated rings. The lowest BCUT2D eigenvalue weighted by atomic mass is 9.91. The van der Waals surface area contributed by atoms with Gasteiger partial charge in [-0.1, -0.05) is 88.9 Å². The van der Waals surface area contributed by atoms with E-state index in [2.05, 4.69) is 31.8 Å². The van der Waals surface area contributed by atoms with E-state index in [0.29, 0.717) is 0 Å². The third-order valence-corrected chi connectivity index (χ3v) is 7.06. The summed E-state index contributed by atoms with van der Waals surface area (Å²) in [6.07, 6.45) is 1.98. The Labute approximate surface area is 168 Å². The third kappa shape index (κ3) is 4.39. The van der Waals surface area contributed by atoms with E-state index in [-0.39, 0.29) is 0 Å². The highest BCUT2D eigenvalue weighted by molar-refractivity contribution is 6.89. The van der Waals surface area contributed by atoms with Crippen molar-refractivity contribution in [3.8, 4) is 11.3 Å². The Bertz CT molecular complexity index is 999. The van der Waals surface area contributed by atoms with Crippen LogP contribution in [0.25, 0.3) is 11.3 Å². The summed E-state index contributed by atoms with van der Waals surface area (Å²) < 4.78 is 17.7. The highest BCUT2D eigenvalue weighted by Gasteiger charge is 2.22. The van der Waals surface area contributed by atoms with E-state index in [9.17, 15) is 0 Å². The molecule has 0 saturated heterocycles. The molecular weight excluding hydrogens is 342 g/mol. The summed E-state index contributed by atoms with van der Waals surface area (Å²) >= 11 is 0. The van der Waals surface area contributed by atoms with Gasteiger partial charge in [0.05, 0.1) is 13.8 Å². The van der Waals surface area contributed by atoms with Crippen LogP contribution in [0.5, 0.6) is 0 Å². The van der Waals surface area contributed by atoms with Crippen LogP contribution >= 0.6 is 0 Å². The minimum absolute atomic E-state index is 0.682. The SMILES string of the molecule is [2H]C(C)(C)c1cc(-c2cccc(C([2H])(C)c3ccccc3)c2)ncc1[Si](C)(C)C. The summed E-state index contributed by atoms with van der Waals surface area (Å²) in [6, 6.07) is 20.1. The fraction of sp³-hybridized carbons (Fsp3) is 0.320. The van der Waals surface area contributed by atoms with Gasteiger partial charge in [0.25, 0.3) is 0 Å². The van der Waals surface area contributed by atoms with Gasteiger partial charge in [0.1, 0.15) is 0 Å². The molecule has 27 heavy (non-hydrogen) atoms. The predicted octanol–water partition coefficient (Wildman–Crippen LogP) is 6.57. The van der Waals surface area contributed by atoms with E-state index < -0.39 is 19.9 Å². The second-order valence-corrected chi connectivity index (χ2v) is 13.5. The molecule has 0 radical (unpaired) electrons. The number of nitrogens with zero attached hydrogens (tertiary/aromatic N) is 1. The van der Waals surface area contributed by atoms with Crippen molar-refractivity contribution >= 4 is 13.3 Å². The van der Waals surface area contributed by atoms with Crippen molar-refractivity contribution in [2.45, 2.75) is 52.2 Å². The Balaban J connectivity index is 2.10. The van der Waals surface area contributed by atoms with E-state index in [1.165, 1.54) is 5.19 Å². The van der Waals surface area contributed by atoms with Crippen molar-refractivity contribution in [2.75, 3.05) is 0 Å². The van der Waals surface area contributed by atoms with E-state index >= 15 is 0 Å². The molecule has 0 aliphatic rings. The molecule has 140 valence electrons. The number of benzene rings is 2. The number of hydrogen-bond donors (Lipinski definition) is 0. The maximum absolute atomic E-state index is 8.98. The van der Waals surface area contributed by atoms with E-state index in [0.717, 1.165) is 27.9 Å². The van der Waals surface area contributed by atoms with Gasteiger partial charge in [-0.2, -0.15) is 0 Å². The number of pyridine rings is 1. The first-order valence-corrected chi connectivity index (χ1v) is 13.1. The first-order chi connectivity index (χ1) is 13.4. The van der Waals surface area contributed by atoms with Crippen LogP contribution in [0.4, 0.5) is 0 Å². The van der Waals surface area contributed by atoms with Gasteiger partial charge in [-0.05, 0) is 39.9 Å². The van der Waals surface area contributed by atoms with Gasteiger partial charge in [0.2, 0.25) is 0 Å². The lowest BCUT2D eigenvalue weighted by Crippen LogP contribution is -2.40. The summed E-state index contributed by atoms with van der Waals surface area (Å²) in [5.41, 5.74) is 4.82. The smallest absolute Gasteiger partial charge is 0.0799 e. The second kappa shape index (κ2) is 7.81. The summed E-state index contributed by atoms with van der Waals surface area (Å²) in [4.78, 5) is 4.78. The van der Waals surface area contributed by atoms with Gasteiger partial charge in [0, 0.05) is 20.4 Å². The molecule has 1 heterocycles. The van der Waals surface area contributed by atoms with Crippen molar-refractivity contribution in [1.82, 2.24) is 4.98 Å². The summed E-state index contributed by atoms with van der Waals surface area (Å²) in [5, 5.41) is 1.24. The molecule has 0 aliphatic heterocycles. The average Bonchev–Trinajstić information content (AvgIpc) is 2.67. The third-order valence-electron chi connectivity index (χ3n) is 5.05. The molecule has 2 heteroatoms. The molecule has 2 aromatic carbocycles. The molecule has 0 N–H and O–H groups in total. The molecule has 0 saturated carbocycles. The topological polar surface area (TPSA) is 12.9 Å². The minimum Gasteiger partial charge on any atom is -0.256 e. The quantitative estimate of drug-likeness (QED) is 0.460. The van der Waals surface area contributed by atoms with Crippen LogP contribution < -0.4 is 5.19 Å². The summed E-state index contributed by atoms with van der Waals surface area (Å²) in [7, 11) is -1.61. The zero-order valence-electron chi connectivity index (χ0n) is 19.3. The van der Waals surface area contributed by atoms with Crippen LogP contribution in [-0.2, 0) is 0 Å². The molecule has 0 bridgehead atoms. The molecule has 1 atom stereocenters. The van der Waals surface area contributed by atoms with Gasteiger partial charge in [-0.15, -0.1) is 0 Å². The Morgan fingerprint density at radius 3 is 2.15 bits per heavy atom. The number of hydrogen-bond acceptors (Lipinski definition) is 1. The van der Waals surface area contributed by atoms with E-state index in [1.54, 1.807) is 0 Å². The van der Waals surface area contributed by atoms with Crippen molar-refractivity contribution in [2.24, 2.45) is 0 Å². The molecule has 3 aromatic rings. The van der Waals surface area contributed by atoms with Gasteiger partial charge >= 0.3 is 0 Å². The molecule has 0 amide bonds.